The summed E-state index contributed by atoms with van der Waals surface area (Å²) < 4.78 is 1.61. The molecule has 184 valence electrons. The summed E-state index contributed by atoms with van der Waals surface area (Å²) in [6.45, 7) is 4.03. The number of nitrogens with zero attached hydrogens (tertiary/aromatic N) is 4. The fraction of sp³-hybridized carbons (Fsp3) is 0.107. The maximum Gasteiger partial charge on any atom is 0.264 e. The first-order valence-electron chi connectivity index (χ1n) is 11.6. The number of fused-ring (bicyclic) bond motifs is 1. The summed E-state index contributed by atoms with van der Waals surface area (Å²) in [5.74, 6) is 1.04. The summed E-state index contributed by atoms with van der Waals surface area (Å²) in [6.07, 6.45) is 2.98. The Morgan fingerprint density at radius 1 is 1.03 bits per heavy atom. The van der Waals surface area contributed by atoms with Gasteiger partial charge in [0, 0.05) is 17.5 Å². The monoisotopic (exact) mass is 491 g/mol. The highest BCUT2D eigenvalue weighted by atomic mass is 16.3. The van der Waals surface area contributed by atoms with Crippen LogP contribution in [0, 0.1) is 19.3 Å². The topological polar surface area (TPSA) is 143 Å². The maximum absolute atomic E-state index is 13.8. The van der Waals surface area contributed by atoms with E-state index < -0.39 is 0 Å². The van der Waals surface area contributed by atoms with Crippen molar-refractivity contribution in [2.45, 2.75) is 20.4 Å². The minimum atomic E-state index is -0.163. The lowest BCUT2D eigenvalue weighted by atomic mass is 10.0. The molecule has 9 nitrogen and oxygen atoms in total. The predicted molar refractivity (Wildman–Crippen MR) is 145 cm³/mol. The number of phenolic OH excluding ortho intramolecular Hbond substituents is 1. The van der Waals surface area contributed by atoms with Crippen LogP contribution < -0.4 is 16.6 Å². The van der Waals surface area contributed by atoms with Crippen LogP contribution >= 0.6 is 0 Å². The molecule has 0 spiro atoms. The number of aromatic hydroxyl groups is 1. The molecular weight excluding hydrogens is 466 g/mol. The number of pyridine rings is 2. The highest BCUT2D eigenvalue weighted by molar-refractivity contribution is 6.16. The van der Waals surface area contributed by atoms with Gasteiger partial charge in [0.25, 0.3) is 5.56 Å². The fourth-order valence-corrected chi connectivity index (χ4v) is 4.42. The quantitative estimate of drug-likeness (QED) is 0.262. The molecule has 9 heteroatoms. The van der Waals surface area contributed by atoms with Gasteiger partial charge in [-0.1, -0.05) is 36.4 Å². The van der Waals surface area contributed by atoms with Gasteiger partial charge >= 0.3 is 0 Å². The summed E-state index contributed by atoms with van der Waals surface area (Å²) >= 11 is 0. The number of benzene rings is 2. The predicted octanol–water partition coefficient (Wildman–Crippen LogP) is 4.11. The second-order valence-electron chi connectivity index (χ2n) is 8.72. The molecule has 5 N–H and O–H groups in total. The van der Waals surface area contributed by atoms with Gasteiger partial charge in [0.2, 0.25) is 0 Å². The van der Waals surface area contributed by atoms with Gasteiger partial charge < -0.3 is 16.2 Å². The molecule has 0 radical (unpaired) electrons. The number of nitrogens with one attached hydrogen (secondary N) is 2. The number of rotatable bonds is 6. The van der Waals surface area contributed by atoms with Crippen LogP contribution in [0.4, 0.5) is 11.6 Å². The molecule has 0 saturated heterocycles. The molecule has 3 heterocycles. The zero-order valence-electron chi connectivity index (χ0n) is 20.4. The van der Waals surface area contributed by atoms with Crippen LogP contribution in [0.5, 0.6) is 5.75 Å². The minimum Gasteiger partial charge on any atom is -0.508 e. The van der Waals surface area contributed by atoms with Crippen molar-refractivity contribution in [1.82, 2.24) is 19.5 Å². The lowest BCUT2D eigenvalue weighted by Gasteiger charge is -2.18. The van der Waals surface area contributed by atoms with E-state index in [2.05, 4.69) is 20.3 Å². The zero-order valence-corrected chi connectivity index (χ0v) is 20.4. The van der Waals surface area contributed by atoms with Gasteiger partial charge in [-0.05, 0) is 54.6 Å². The molecule has 0 atom stereocenters. The number of hydrogen-bond donors (Lipinski definition) is 4. The Kier molecular flexibility index (Phi) is 6.10. The van der Waals surface area contributed by atoms with Gasteiger partial charge in [0.05, 0.1) is 23.2 Å². The molecule has 0 aliphatic heterocycles. The molecule has 0 saturated carbocycles. The third kappa shape index (κ3) is 4.38. The van der Waals surface area contributed by atoms with Crippen molar-refractivity contribution in [2.24, 2.45) is 0 Å². The summed E-state index contributed by atoms with van der Waals surface area (Å²) in [5, 5.41) is 23.3. The Labute approximate surface area is 212 Å². The largest absolute Gasteiger partial charge is 0.508 e. The zero-order chi connectivity index (χ0) is 26.1. The second kappa shape index (κ2) is 9.54. The first kappa shape index (κ1) is 23.7. The maximum atomic E-state index is 13.8. The summed E-state index contributed by atoms with van der Waals surface area (Å²) in [5.41, 5.74) is 9.23. The Bertz CT molecular complexity index is 1730. The van der Waals surface area contributed by atoms with Gasteiger partial charge in [-0.15, -0.1) is 0 Å². The fourth-order valence-electron chi connectivity index (χ4n) is 4.42. The third-order valence-corrected chi connectivity index (χ3v) is 6.22. The van der Waals surface area contributed by atoms with Crippen LogP contribution in [-0.2, 0) is 6.54 Å². The minimum absolute atomic E-state index is 0.0355. The van der Waals surface area contributed by atoms with Crippen molar-refractivity contribution in [1.29, 1.82) is 5.41 Å². The molecule has 2 aromatic carbocycles. The van der Waals surface area contributed by atoms with Crippen molar-refractivity contribution in [2.75, 3.05) is 11.1 Å². The molecule has 0 aliphatic carbocycles. The van der Waals surface area contributed by atoms with Crippen molar-refractivity contribution >= 4 is 28.1 Å². The standard InChI is InChI=1S/C28H25N7O2/c1-16-6-3-8-18-12-20(35(28(37)22(16)18)27-17(2)7-5-11-31-27)14-32-26-23(25(30)33-15-34-26)24(29)19-9-4-10-21(36)13-19/h3-13,15,29,36H,14H2,1-2H3,(H3,30,32,33,34). The van der Waals surface area contributed by atoms with E-state index in [-0.39, 0.29) is 29.4 Å². The van der Waals surface area contributed by atoms with Gasteiger partial charge in [-0.25, -0.2) is 15.0 Å². The van der Waals surface area contributed by atoms with E-state index in [0.717, 1.165) is 16.5 Å². The SMILES string of the molecule is Cc1cccnc1-n1c(CNc2ncnc(N)c2C(=N)c2cccc(O)c2)cc2cccc(C)c2c1=O. The van der Waals surface area contributed by atoms with Crippen molar-refractivity contribution in [3.8, 4) is 11.6 Å². The lowest BCUT2D eigenvalue weighted by molar-refractivity contribution is 0.475. The van der Waals surface area contributed by atoms with Crippen LogP contribution in [-0.4, -0.2) is 30.3 Å². The Hall–Kier alpha value is -5.05. The van der Waals surface area contributed by atoms with E-state index in [1.54, 1.807) is 22.9 Å². The van der Waals surface area contributed by atoms with Crippen LogP contribution in [0.15, 0.2) is 78.0 Å². The normalized spacial score (nSPS) is 11.0. The first-order valence-corrected chi connectivity index (χ1v) is 11.6. The molecule has 0 bridgehead atoms. The van der Waals surface area contributed by atoms with Crippen molar-refractivity contribution < 1.29 is 5.11 Å². The molecule has 5 rings (SSSR count). The number of nitrogen functional groups attached to an aromatic ring is 1. The van der Waals surface area contributed by atoms with Gasteiger partial charge in [-0.2, -0.15) is 0 Å². The smallest absolute Gasteiger partial charge is 0.264 e. The Morgan fingerprint density at radius 3 is 2.59 bits per heavy atom. The Morgan fingerprint density at radius 2 is 1.81 bits per heavy atom. The first-order chi connectivity index (χ1) is 17.8. The molecule has 3 aromatic heterocycles. The van der Waals surface area contributed by atoms with Gasteiger partial charge in [-0.3, -0.25) is 14.8 Å². The van der Waals surface area contributed by atoms with Crippen LogP contribution in [0.2, 0.25) is 0 Å². The Balaban J connectivity index is 1.62. The number of phenols is 1. The van der Waals surface area contributed by atoms with Crippen LogP contribution in [0.1, 0.15) is 27.9 Å². The molecule has 37 heavy (non-hydrogen) atoms. The number of aromatic nitrogens is 4. The summed E-state index contributed by atoms with van der Waals surface area (Å²) in [6, 6.07) is 17.8. The van der Waals surface area contributed by atoms with E-state index >= 15 is 0 Å². The average Bonchev–Trinajstić information content (AvgIpc) is 2.88. The number of anilines is 2. The molecule has 5 aromatic rings. The van der Waals surface area contributed by atoms with Crippen molar-refractivity contribution in [3.63, 3.8) is 0 Å². The van der Waals surface area contributed by atoms with Gasteiger partial charge in [0.15, 0.2) is 0 Å². The van der Waals surface area contributed by atoms with Crippen molar-refractivity contribution in [3.05, 3.63) is 111 Å². The van der Waals surface area contributed by atoms with E-state index in [1.807, 2.05) is 50.2 Å². The second-order valence-corrected chi connectivity index (χ2v) is 8.72. The number of aryl methyl sites for hydroxylation is 2. The van der Waals surface area contributed by atoms with E-state index in [4.69, 9.17) is 11.1 Å². The number of hydrogen-bond acceptors (Lipinski definition) is 8. The van der Waals surface area contributed by atoms with E-state index in [0.29, 0.717) is 33.8 Å². The van der Waals surface area contributed by atoms with E-state index in [1.165, 1.54) is 18.5 Å². The number of nitrogens with two attached hydrogens (primary N) is 1. The molecule has 0 fully saturated rings. The van der Waals surface area contributed by atoms with Crippen LogP contribution in [0.25, 0.3) is 16.6 Å². The summed E-state index contributed by atoms with van der Waals surface area (Å²) in [7, 11) is 0. The lowest BCUT2D eigenvalue weighted by Crippen LogP contribution is -2.26. The van der Waals surface area contributed by atoms with Gasteiger partial charge in [0.1, 0.15) is 29.5 Å². The highest BCUT2D eigenvalue weighted by Gasteiger charge is 2.19. The molecule has 0 amide bonds. The van der Waals surface area contributed by atoms with E-state index in [9.17, 15) is 9.90 Å². The van der Waals surface area contributed by atoms with Crippen LogP contribution in [0.3, 0.4) is 0 Å². The molecule has 0 aliphatic rings. The third-order valence-electron chi connectivity index (χ3n) is 6.22. The summed E-state index contributed by atoms with van der Waals surface area (Å²) in [4.78, 5) is 26.7. The highest BCUT2D eigenvalue weighted by Crippen LogP contribution is 2.25. The molecule has 0 unspecified atom stereocenters. The molecular formula is C28H25N7O2. The average molecular weight is 492 g/mol.